The summed E-state index contributed by atoms with van der Waals surface area (Å²) >= 11 is 0. The highest BCUT2D eigenvalue weighted by Crippen LogP contribution is 2.25. The fourth-order valence-electron chi connectivity index (χ4n) is 1.81. The predicted octanol–water partition coefficient (Wildman–Crippen LogP) is 1.16. The largest absolute Gasteiger partial charge is 0.496 e. The molecule has 1 amide bonds. The minimum absolute atomic E-state index is 0.0378. The van der Waals surface area contributed by atoms with Crippen molar-refractivity contribution in [3.05, 3.63) is 29.3 Å². The van der Waals surface area contributed by atoms with Crippen molar-refractivity contribution in [3.8, 4) is 5.75 Å². The first-order valence-electron chi connectivity index (χ1n) is 6.28. The van der Waals surface area contributed by atoms with Crippen LogP contribution >= 0.6 is 0 Å². The van der Waals surface area contributed by atoms with E-state index in [-0.39, 0.29) is 12.6 Å². The summed E-state index contributed by atoms with van der Waals surface area (Å²) in [5.41, 5.74) is 7.24. The fraction of sp³-hybridized carbons (Fsp3) is 0.500. The maximum atomic E-state index is 10.5. The summed E-state index contributed by atoms with van der Waals surface area (Å²) in [6.45, 7) is 5.14. The Bertz CT molecular complexity index is 421. The van der Waals surface area contributed by atoms with Crippen LogP contribution in [0.25, 0.3) is 0 Å². The minimum atomic E-state index is -0.451. The number of amides is 1. The van der Waals surface area contributed by atoms with E-state index >= 15 is 0 Å². The van der Waals surface area contributed by atoms with Crippen LogP contribution in [0.5, 0.6) is 5.75 Å². The molecule has 0 fully saturated rings. The van der Waals surface area contributed by atoms with Crippen molar-refractivity contribution in [1.29, 1.82) is 0 Å². The summed E-state index contributed by atoms with van der Waals surface area (Å²) in [7, 11) is 1.67. The Labute approximate surface area is 114 Å². The van der Waals surface area contributed by atoms with E-state index < -0.39 is 5.91 Å². The van der Waals surface area contributed by atoms with Gasteiger partial charge in [0, 0.05) is 18.2 Å². The standard InChI is InChI=1S/C14H22N2O3/c1-10-4-5-12(13(8-10)18-3)11(2)16-6-7-19-9-14(15)17/h4-5,8,11,16H,6-7,9H2,1-3H3,(H2,15,17). The minimum Gasteiger partial charge on any atom is -0.496 e. The molecule has 0 spiro atoms. The lowest BCUT2D eigenvalue weighted by atomic mass is 10.1. The third-order valence-corrected chi connectivity index (χ3v) is 2.80. The van der Waals surface area contributed by atoms with E-state index in [0.717, 1.165) is 16.9 Å². The molecule has 0 radical (unpaired) electrons. The number of aryl methyl sites for hydroxylation is 1. The second kappa shape index (κ2) is 7.76. The summed E-state index contributed by atoms with van der Waals surface area (Å²) < 4.78 is 10.5. The average molecular weight is 266 g/mol. The lowest BCUT2D eigenvalue weighted by molar-refractivity contribution is -0.122. The summed E-state index contributed by atoms with van der Waals surface area (Å²) in [6.07, 6.45) is 0. The molecule has 1 unspecified atom stereocenters. The number of primary amides is 1. The van der Waals surface area contributed by atoms with Crippen molar-refractivity contribution >= 4 is 5.91 Å². The van der Waals surface area contributed by atoms with Gasteiger partial charge in [0.1, 0.15) is 12.4 Å². The molecule has 5 nitrogen and oxygen atoms in total. The van der Waals surface area contributed by atoms with Crippen LogP contribution in [0.1, 0.15) is 24.1 Å². The third-order valence-electron chi connectivity index (χ3n) is 2.80. The molecule has 0 aliphatic carbocycles. The van der Waals surface area contributed by atoms with E-state index in [2.05, 4.69) is 24.4 Å². The Kier molecular flexibility index (Phi) is 6.32. The SMILES string of the molecule is COc1cc(C)ccc1C(C)NCCOCC(N)=O. The Morgan fingerprint density at radius 2 is 2.21 bits per heavy atom. The van der Waals surface area contributed by atoms with E-state index in [1.54, 1.807) is 7.11 Å². The first-order valence-corrected chi connectivity index (χ1v) is 6.28. The monoisotopic (exact) mass is 266 g/mol. The second-order valence-electron chi connectivity index (χ2n) is 4.44. The van der Waals surface area contributed by atoms with Crippen LogP contribution in [0.15, 0.2) is 18.2 Å². The smallest absolute Gasteiger partial charge is 0.243 e. The van der Waals surface area contributed by atoms with E-state index in [4.69, 9.17) is 15.2 Å². The van der Waals surface area contributed by atoms with Crippen molar-refractivity contribution < 1.29 is 14.3 Å². The number of nitrogens with two attached hydrogens (primary N) is 1. The van der Waals surface area contributed by atoms with Gasteiger partial charge in [-0.2, -0.15) is 0 Å². The summed E-state index contributed by atoms with van der Waals surface area (Å²) in [6, 6.07) is 6.26. The van der Waals surface area contributed by atoms with E-state index in [1.165, 1.54) is 0 Å². The number of carbonyl (C=O) groups excluding carboxylic acids is 1. The average Bonchev–Trinajstić information content (AvgIpc) is 2.37. The van der Waals surface area contributed by atoms with Gasteiger partial charge in [0.15, 0.2) is 0 Å². The van der Waals surface area contributed by atoms with Crippen LogP contribution in [0.3, 0.4) is 0 Å². The molecule has 19 heavy (non-hydrogen) atoms. The molecule has 5 heteroatoms. The van der Waals surface area contributed by atoms with Crippen LogP contribution in [-0.2, 0) is 9.53 Å². The normalized spacial score (nSPS) is 12.2. The van der Waals surface area contributed by atoms with E-state index in [1.807, 2.05) is 13.0 Å². The molecule has 0 heterocycles. The number of hydrogen-bond donors (Lipinski definition) is 2. The number of ether oxygens (including phenoxy) is 2. The van der Waals surface area contributed by atoms with Crippen molar-refractivity contribution in [1.82, 2.24) is 5.32 Å². The highest BCUT2D eigenvalue weighted by atomic mass is 16.5. The number of rotatable bonds is 8. The van der Waals surface area contributed by atoms with Gasteiger partial charge >= 0.3 is 0 Å². The van der Waals surface area contributed by atoms with Crippen LogP contribution < -0.4 is 15.8 Å². The van der Waals surface area contributed by atoms with Crippen molar-refractivity contribution in [2.45, 2.75) is 19.9 Å². The van der Waals surface area contributed by atoms with Gasteiger partial charge in [-0.1, -0.05) is 12.1 Å². The van der Waals surface area contributed by atoms with Gasteiger partial charge in [-0.05, 0) is 25.5 Å². The Hall–Kier alpha value is -1.59. The van der Waals surface area contributed by atoms with Crippen LogP contribution in [0.2, 0.25) is 0 Å². The van der Waals surface area contributed by atoms with Crippen LogP contribution in [0, 0.1) is 6.92 Å². The van der Waals surface area contributed by atoms with Gasteiger partial charge in [-0.15, -0.1) is 0 Å². The van der Waals surface area contributed by atoms with Gasteiger partial charge in [0.25, 0.3) is 0 Å². The first-order chi connectivity index (χ1) is 9.04. The molecular formula is C14H22N2O3. The fourth-order valence-corrected chi connectivity index (χ4v) is 1.81. The van der Waals surface area contributed by atoms with Gasteiger partial charge in [-0.25, -0.2) is 0 Å². The zero-order valence-corrected chi connectivity index (χ0v) is 11.7. The number of methoxy groups -OCH3 is 1. The molecule has 1 rings (SSSR count). The molecule has 0 aliphatic rings. The number of nitrogens with one attached hydrogen (secondary N) is 1. The molecule has 1 aromatic rings. The Morgan fingerprint density at radius 3 is 2.84 bits per heavy atom. The van der Waals surface area contributed by atoms with Crippen LogP contribution in [-0.4, -0.2) is 32.8 Å². The number of carbonyl (C=O) groups is 1. The molecule has 1 aromatic carbocycles. The second-order valence-corrected chi connectivity index (χ2v) is 4.44. The zero-order chi connectivity index (χ0) is 14.3. The molecule has 0 saturated heterocycles. The summed E-state index contributed by atoms with van der Waals surface area (Å²) in [5, 5.41) is 3.31. The maximum absolute atomic E-state index is 10.5. The molecular weight excluding hydrogens is 244 g/mol. The molecule has 1 atom stereocenters. The lowest BCUT2D eigenvalue weighted by Crippen LogP contribution is -2.26. The van der Waals surface area contributed by atoms with Gasteiger partial charge in [-0.3, -0.25) is 4.79 Å². The highest BCUT2D eigenvalue weighted by molar-refractivity contribution is 5.74. The number of benzene rings is 1. The van der Waals surface area contributed by atoms with Crippen molar-refractivity contribution in [2.24, 2.45) is 5.73 Å². The molecule has 0 saturated carbocycles. The topological polar surface area (TPSA) is 73.6 Å². The molecule has 0 aliphatic heterocycles. The molecule has 0 aromatic heterocycles. The Balaban J connectivity index is 2.45. The molecule has 106 valence electrons. The number of hydrogen-bond acceptors (Lipinski definition) is 4. The Morgan fingerprint density at radius 1 is 1.47 bits per heavy atom. The van der Waals surface area contributed by atoms with Crippen molar-refractivity contribution in [3.63, 3.8) is 0 Å². The van der Waals surface area contributed by atoms with Crippen LogP contribution in [0.4, 0.5) is 0 Å². The van der Waals surface area contributed by atoms with Gasteiger partial charge < -0.3 is 20.5 Å². The molecule has 3 N–H and O–H groups in total. The van der Waals surface area contributed by atoms with Gasteiger partial charge in [0.2, 0.25) is 5.91 Å². The molecule has 0 bridgehead atoms. The predicted molar refractivity (Wildman–Crippen MR) is 74.2 cm³/mol. The quantitative estimate of drug-likeness (QED) is 0.692. The lowest BCUT2D eigenvalue weighted by Gasteiger charge is -2.17. The maximum Gasteiger partial charge on any atom is 0.243 e. The van der Waals surface area contributed by atoms with E-state index in [9.17, 15) is 4.79 Å². The zero-order valence-electron chi connectivity index (χ0n) is 11.7. The van der Waals surface area contributed by atoms with Gasteiger partial charge in [0.05, 0.1) is 13.7 Å². The first kappa shape index (κ1) is 15.5. The summed E-state index contributed by atoms with van der Waals surface area (Å²) in [4.78, 5) is 10.5. The van der Waals surface area contributed by atoms with E-state index in [0.29, 0.717) is 13.2 Å². The summed E-state index contributed by atoms with van der Waals surface area (Å²) in [5.74, 6) is 0.423. The van der Waals surface area contributed by atoms with Crippen molar-refractivity contribution in [2.75, 3.05) is 26.9 Å². The highest BCUT2D eigenvalue weighted by Gasteiger charge is 2.10. The third kappa shape index (κ3) is 5.28.